The van der Waals surface area contributed by atoms with Crippen LogP contribution < -0.4 is 0 Å². The van der Waals surface area contributed by atoms with E-state index in [0.717, 1.165) is 51.0 Å². The van der Waals surface area contributed by atoms with Crippen LogP contribution in [0, 0.1) is 5.92 Å². The minimum atomic E-state index is 0.335. The van der Waals surface area contributed by atoms with E-state index in [-0.39, 0.29) is 0 Å². The Hall–Kier alpha value is -1.84. The molecule has 3 heterocycles. The van der Waals surface area contributed by atoms with Gasteiger partial charge in [-0.2, -0.15) is 0 Å². The zero-order chi connectivity index (χ0) is 16.9. The highest BCUT2D eigenvalue weighted by molar-refractivity contribution is 5.77. The summed E-state index contributed by atoms with van der Waals surface area (Å²) in [6.07, 6.45) is 10.3. The van der Waals surface area contributed by atoms with Gasteiger partial charge in [-0.3, -0.25) is 4.79 Å². The van der Waals surface area contributed by atoms with Gasteiger partial charge in [-0.05, 0) is 62.6 Å². The lowest BCUT2D eigenvalue weighted by molar-refractivity contribution is -0.131. The van der Waals surface area contributed by atoms with Gasteiger partial charge in [0.05, 0.1) is 0 Å². The summed E-state index contributed by atoms with van der Waals surface area (Å²) in [5.41, 5.74) is 2.41. The minimum absolute atomic E-state index is 0.335. The number of likely N-dealkylation sites (tertiary alicyclic amines) is 1. The quantitative estimate of drug-likeness (QED) is 0.831. The number of pyridine rings is 1. The Morgan fingerprint density at radius 2 is 2.17 bits per heavy atom. The summed E-state index contributed by atoms with van der Waals surface area (Å²) in [5.74, 6) is 0.999. The molecule has 0 aromatic carbocycles. The number of rotatable bonds is 5. The van der Waals surface area contributed by atoms with Gasteiger partial charge in [0.15, 0.2) is 0 Å². The fourth-order valence-electron chi connectivity index (χ4n) is 3.81. The molecule has 24 heavy (non-hydrogen) atoms. The highest BCUT2D eigenvalue weighted by Crippen LogP contribution is 2.24. The molecule has 130 valence electrons. The monoisotopic (exact) mass is 327 g/mol. The Kier molecular flexibility index (Phi) is 5.54. The predicted molar refractivity (Wildman–Crippen MR) is 97.9 cm³/mol. The molecule has 0 saturated carbocycles. The summed E-state index contributed by atoms with van der Waals surface area (Å²) < 4.78 is 2.18. The van der Waals surface area contributed by atoms with Crippen molar-refractivity contribution in [3.8, 4) is 0 Å². The van der Waals surface area contributed by atoms with Crippen molar-refractivity contribution in [2.24, 2.45) is 5.92 Å². The lowest BCUT2D eigenvalue weighted by atomic mass is 9.93. The van der Waals surface area contributed by atoms with Crippen LogP contribution in [0.3, 0.4) is 0 Å². The van der Waals surface area contributed by atoms with Crippen molar-refractivity contribution >= 4 is 16.9 Å². The van der Waals surface area contributed by atoms with Gasteiger partial charge in [-0.15, -0.1) is 0 Å². The first-order valence-corrected chi connectivity index (χ1v) is 9.42. The molecule has 1 aliphatic heterocycles. The number of aromatic nitrogens is 2. The third-order valence-electron chi connectivity index (χ3n) is 5.19. The van der Waals surface area contributed by atoms with E-state index in [4.69, 9.17) is 0 Å². The van der Waals surface area contributed by atoms with E-state index in [1.807, 2.05) is 6.20 Å². The molecule has 0 spiro atoms. The maximum absolute atomic E-state index is 12.1. The summed E-state index contributed by atoms with van der Waals surface area (Å²) in [6, 6.07) is 4.45. The molecule has 3 rings (SSSR count). The van der Waals surface area contributed by atoms with Crippen molar-refractivity contribution in [1.29, 1.82) is 0 Å². The van der Waals surface area contributed by atoms with Crippen molar-refractivity contribution in [1.82, 2.24) is 14.5 Å². The van der Waals surface area contributed by atoms with E-state index in [1.165, 1.54) is 17.4 Å². The molecule has 4 heteroatoms. The number of hydrogen-bond acceptors (Lipinski definition) is 2. The Morgan fingerprint density at radius 1 is 1.29 bits per heavy atom. The minimum Gasteiger partial charge on any atom is -0.343 e. The SMILES string of the molecule is CCCC(=O)N1CCCC(Cc2cnc3c(ccn3CC)c2)CC1. The zero-order valence-electron chi connectivity index (χ0n) is 15.0. The first-order chi connectivity index (χ1) is 11.7. The van der Waals surface area contributed by atoms with Gasteiger partial charge in [-0.1, -0.05) is 6.92 Å². The fraction of sp³-hybridized carbons (Fsp3) is 0.600. The maximum Gasteiger partial charge on any atom is 0.222 e. The second-order valence-electron chi connectivity index (χ2n) is 6.99. The molecule has 4 nitrogen and oxygen atoms in total. The molecule has 0 aliphatic carbocycles. The van der Waals surface area contributed by atoms with Gasteiger partial charge >= 0.3 is 0 Å². The third-order valence-corrected chi connectivity index (χ3v) is 5.19. The van der Waals surface area contributed by atoms with Crippen LogP contribution >= 0.6 is 0 Å². The van der Waals surface area contributed by atoms with Gasteiger partial charge in [0.1, 0.15) is 5.65 Å². The van der Waals surface area contributed by atoms with Gasteiger partial charge in [0.2, 0.25) is 5.91 Å². The van der Waals surface area contributed by atoms with E-state index >= 15 is 0 Å². The number of carbonyl (C=O) groups is 1. The Balaban J connectivity index is 1.63. The lowest BCUT2D eigenvalue weighted by Crippen LogP contribution is -2.31. The molecule has 1 saturated heterocycles. The summed E-state index contributed by atoms with van der Waals surface area (Å²) >= 11 is 0. The Morgan fingerprint density at radius 3 is 2.96 bits per heavy atom. The third kappa shape index (κ3) is 3.80. The van der Waals surface area contributed by atoms with E-state index in [1.54, 1.807) is 0 Å². The van der Waals surface area contributed by atoms with Crippen molar-refractivity contribution in [3.05, 3.63) is 30.1 Å². The summed E-state index contributed by atoms with van der Waals surface area (Å²) in [4.78, 5) is 18.8. The summed E-state index contributed by atoms with van der Waals surface area (Å²) in [7, 11) is 0. The molecule has 2 aromatic rings. The van der Waals surface area contributed by atoms with Crippen molar-refractivity contribution in [2.75, 3.05) is 13.1 Å². The van der Waals surface area contributed by atoms with Crippen LogP contribution in [0.15, 0.2) is 24.5 Å². The smallest absolute Gasteiger partial charge is 0.222 e. The van der Waals surface area contributed by atoms with Crippen LogP contribution in [0.2, 0.25) is 0 Å². The Bertz CT molecular complexity index is 691. The largest absolute Gasteiger partial charge is 0.343 e. The first kappa shape index (κ1) is 17.0. The van der Waals surface area contributed by atoms with Crippen molar-refractivity contribution < 1.29 is 4.79 Å². The molecule has 0 N–H and O–H groups in total. The van der Waals surface area contributed by atoms with Crippen LogP contribution in [-0.4, -0.2) is 33.4 Å². The second-order valence-corrected chi connectivity index (χ2v) is 6.99. The molecular weight excluding hydrogens is 298 g/mol. The van der Waals surface area contributed by atoms with Crippen LogP contribution in [-0.2, 0) is 17.8 Å². The van der Waals surface area contributed by atoms with E-state index in [9.17, 15) is 4.79 Å². The van der Waals surface area contributed by atoms with Gasteiger partial charge in [-0.25, -0.2) is 4.98 Å². The number of fused-ring (bicyclic) bond motifs is 1. The standard InChI is InChI=1S/C20H29N3O/c1-3-6-19(24)23-10-5-7-16(8-11-23)13-17-14-18-9-12-22(4-2)20(18)21-15-17/h9,12,14-16H,3-8,10-11,13H2,1-2H3. The average Bonchev–Trinajstić information content (AvgIpc) is 2.85. The molecule has 0 bridgehead atoms. The predicted octanol–water partition coefficient (Wildman–Crippen LogP) is 4.03. The highest BCUT2D eigenvalue weighted by atomic mass is 16.2. The normalized spacial score (nSPS) is 18.8. The fourth-order valence-corrected chi connectivity index (χ4v) is 3.81. The van der Waals surface area contributed by atoms with E-state index < -0.39 is 0 Å². The molecule has 1 amide bonds. The maximum atomic E-state index is 12.1. The van der Waals surface area contributed by atoms with Gasteiger partial charge in [0, 0.05) is 43.8 Å². The van der Waals surface area contributed by atoms with Crippen LogP contribution in [0.25, 0.3) is 11.0 Å². The topological polar surface area (TPSA) is 38.1 Å². The summed E-state index contributed by atoms with van der Waals surface area (Å²) in [5, 5.41) is 1.24. The summed E-state index contributed by atoms with van der Waals surface area (Å²) in [6.45, 7) is 7.04. The molecule has 1 atom stereocenters. The highest BCUT2D eigenvalue weighted by Gasteiger charge is 2.20. The number of nitrogens with zero attached hydrogens (tertiary/aromatic N) is 3. The van der Waals surface area contributed by atoms with Crippen LogP contribution in [0.5, 0.6) is 0 Å². The molecule has 1 aliphatic rings. The Labute approximate surface area is 144 Å². The van der Waals surface area contributed by atoms with Crippen molar-refractivity contribution in [3.63, 3.8) is 0 Å². The molecule has 1 fully saturated rings. The van der Waals surface area contributed by atoms with Crippen LogP contribution in [0.1, 0.15) is 51.5 Å². The van der Waals surface area contributed by atoms with Gasteiger partial charge in [0.25, 0.3) is 0 Å². The van der Waals surface area contributed by atoms with Crippen molar-refractivity contribution in [2.45, 2.75) is 58.9 Å². The first-order valence-electron chi connectivity index (χ1n) is 9.42. The average molecular weight is 327 g/mol. The molecule has 0 radical (unpaired) electrons. The second kappa shape index (κ2) is 7.82. The van der Waals surface area contributed by atoms with Gasteiger partial charge < -0.3 is 9.47 Å². The number of amides is 1. The van der Waals surface area contributed by atoms with E-state index in [2.05, 4.69) is 46.6 Å². The molecule has 2 aromatic heterocycles. The van der Waals surface area contributed by atoms with E-state index in [0.29, 0.717) is 18.2 Å². The molecule has 1 unspecified atom stereocenters. The number of hydrogen-bond donors (Lipinski definition) is 0. The van der Waals surface area contributed by atoms with Crippen LogP contribution in [0.4, 0.5) is 0 Å². The molecular formula is C20H29N3O. The number of carbonyl (C=O) groups excluding carboxylic acids is 1. The zero-order valence-corrected chi connectivity index (χ0v) is 15.0. The number of aryl methyl sites for hydroxylation is 1. The lowest BCUT2D eigenvalue weighted by Gasteiger charge is -2.20.